The van der Waals surface area contributed by atoms with Crippen LogP contribution in [0, 0.1) is 11.3 Å². The Morgan fingerprint density at radius 2 is 2.27 bits per heavy atom. The molecular weight excluding hydrogens is 226 g/mol. The van der Waals surface area contributed by atoms with Gasteiger partial charge in [0.15, 0.2) is 0 Å². The van der Waals surface area contributed by atoms with Crippen LogP contribution in [0.25, 0.3) is 0 Å². The van der Waals surface area contributed by atoms with E-state index in [2.05, 4.69) is 4.98 Å². The standard InChI is InChI=1S/C9H7ClF2N2O/c10-2-7-8(9(11)12)5(3-13)1-6(4-15)14-7/h1,9,15H,2,4H2. The number of alkyl halides is 3. The van der Waals surface area contributed by atoms with Gasteiger partial charge in [-0.2, -0.15) is 5.26 Å². The molecule has 1 aromatic rings. The smallest absolute Gasteiger partial charge is 0.266 e. The number of hydrogen-bond acceptors (Lipinski definition) is 3. The van der Waals surface area contributed by atoms with E-state index in [0.717, 1.165) is 6.07 Å². The highest BCUT2D eigenvalue weighted by atomic mass is 35.5. The lowest BCUT2D eigenvalue weighted by atomic mass is 10.1. The van der Waals surface area contributed by atoms with E-state index in [1.807, 2.05) is 0 Å². The molecule has 0 amide bonds. The highest BCUT2D eigenvalue weighted by Crippen LogP contribution is 2.27. The van der Waals surface area contributed by atoms with E-state index in [1.165, 1.54) is 0 Å². The van der Waals surface area contributed by atoms with E-state index in [9.17, 15) is 8.78 Å². The summed E-state index contributed by atoms with van der Waals surface area (Å²) >= 11 is 5.45. The predicted octanol–water partition coefficient (Wildman–Crippen LogP) is 2.12. The minimum Gasteiger partial charge on any atom is -0.390 e. The molecule has 0 unspecified atom stereocenters. The van der Waals surface area contributed by atoms with Gasteiger partial charge in [0.25, 0.3) is 6.43 Å². The first-order chi connectivity index (χ1) is 7.13. The molecule has 0 atom stereocenters. The molecule has 1 aromatic heterocycles. The summed E-state index contributed by atoms with van der Waals surface area (Å²) in [4.78, 5) is 3.73. The summed E-state index contributed by atoms with van der Waals surface area (Å²) in [6.07, 6.45) is -2.80. The summed E-state index contributed by atoms with van der Waals surface area (Å²) in [5.74, 6) is -0.220. The summed E-state index contributed by atoms with van der Waals surface area (Å²) in [5, 5.41) is 17.5. The number of hydrogen-bond donors (Lipinski definition) is 1. The van der Waals surface area contributed by atoms with Gasteiger partial charge in [-0.05, 0) is 6.07 Å². The number of aliphatic hydroxyl groups excluding tert-OH is 1. The molecule has 0 fully saturated rings. The maximum atomic E-state index is 12.6. The molecule has 0 aliphatic heterocycles. The molecule has 1 heterocycles. The lowest BCUT2D eigenvalue weighted by Gasteiger charge is -2.09. The second kappa shape index (κ2) is 5.01. The maximum Gasteiger partial charge on any atom is 0.266 e. The van der Waals surface area contributed by atoms with Crippen LogP contribution in [-0.2, 0) is 12.5 Å². The zero-order valence-corrected chi connectivity index (χ0v) is 8.30. The van der Waals surface area contributed by atoms with Gasteiger partial charge in [-0.15, -0.1) is 11.6 Å². The molecule has 0 bridgehead atoms. The summed E-state index contributed by atoms with van der Waals surface area (Å²) in [5.41, 5.74) is -0.550. The number of halogens is 3. The van der Waals surface area contributed by atoms with Gasteiger partial charge in [0.2, 0.25) is 0 Å². The molecule has 3 nitrogen and oxygen atoms in total. The van der Waals surface area contributed by atoms with E-state index >= 15 is 0 Å². The fourth-order valence-corrected chi connectivity index (χ4v) is 1.39. The van der Waals surface area contributed by atoms with Gasteiger partial charge >= 0.3 is 0 Å². The average molecular weight is 233 g/mol. The van der Waals surface area contributed by atoms with Crippen molar-refractivity contribution in [2.24, 2.45) is 0 Å². The van der Waals surface area contributed by atoms with Crippen molar-refractivity contribution >= 4 is 11.6 Å². The maximum absolute atomic E-state index is 12.6. The Labute approximate surface area is 89.9 Å². The second-order valence-electron chi connectivity index (χ2n) is 2.73. The molecule has 0 aliphatic carbocycles. The van der Waals surface area contributed by atoms with Crippen molar-refractivity contribution < 1.29 is 13.9 Å². The van der Waals surface area contributed by atoms with Gasteiger partial charge in [-0.3, -0.25) is 4.98 Å². The fourth-order valence-electron chi connectivity index (χ4n) is 1.18. The molecule has 0 radical (unpaired) electrons. The Kier molecular flexibility index (Phi) is 3.95. The third kappa shape index (κ3) is 2.41. The van der Waals surface area contributed by atoms with Crippen LogP contribution >= 0.6 is 11.6 Å². The highest BCUT2D eigenvalue weighted by molar-refractivity contribution is 6.17. The lowest BCUT2D eigenvalue weighted by molar-refractivity contribution is 0.149. The van der Waals surface area contributed by atoms with Gasteiger partial charge < -0.3 is 5.11 Å². The molecule has 0 aliphatic rings. The normalized spacial score (nSPS) is 10.4. The van der Waals surface area contributed by atoms with E-state index in [-0.39, 0.29) is 22.8 Å². The van der Waals surface area contributed by atoms with Gasteiger partial charge in [0.1, 0.15) is 0 Å². The van der Waals surface area contributed by atoms with Crippen molar-refractivity contribution in [3.05, 3.63) is 28.6 Å². The predicted molar refractivity (Wildman–Crippen MR) is 49.4 cm³/mol. The van der Waals surface area contributed by atoms with Crippen LogP contribution in [0.5, 0.6) is 0 Å². The largest absolute Gasteiger partial charge is 0.390 e. The van der Waals surface area contributed by atoms with Crippen molar-refractivity contribution in [3.8, 4) is 6.07 Å². The van der Waals surface area contributed by atoms with Crippen LogP contribution in [0.15, 0.2) is 6.07 Å². The number of nitrogens with zero attached hydrogens (tertiary/aromatic N) is 2. The Morgan fingerprint density at radius 3 is 2.67 bits per heavy atom. The minimum absolute atomic E-state index is 0.0604. The summed E-state index contributed by atoms with van der Waals surface area (Å²) in [7, 11) is 0. The van der Waals surface area contributed by atoms with Crippen LogP contribution in [-0.4, -0.2) is 10.1 Å². The van der Waals surface area contributed by atoms with E-state index < -0.39 is 18.6 Å². The van der Waals surface area contributed by atoms with E-state index in [0.29, 0.717) is 0 Å². The molecule has 0 spiro atoms. The van der Waals surface area contributed by atoms with Crippen molar-refractivity contribution in [1.82, 2.24) is 4.98 Å². The zero-order valence-electron chi connectivity index (χ0n) is 7.54. The Balaban J connectivity index is 3.41. The van der Waals surface area contributed by atoms with E-state index in [4.69, 9.17) is 22.0 Å². The third-order valence-corrected chi connectivity index (χ3v) is 2.07. The topological polar surface area (TPSA) is 56.9 Å². The van der Waals surface area contributed by atoms with Gasteiger partial charge in [0.05, 0.1) is 41.1 Å². The number of rotatable bonds is 3. The Bertz CT molecular complexity index is 404. The molecule has 0 aromatic carbocycles. The molecule has 1 rings (SSSR count). The number of aliphatic hydroxyl groups is 1. The summed E-state index contributed by atoms with van der Waals surface area (Å²) in [6.45, 7) is -0.415. The molecule has 1 N–H and O–H groups in total. The van der Waals surface area contributed by atoms with Crippen molar-refractivity contribution in [2.75, 3.05) is 0 Å². The number of nitriles is 1. The molecule has 0 saturated carbocycles. The summed E-state index contributed by atoms with van der Waals surface area (Å²) in [6, 6.07) is 2.77. The number of aromatic nitrogens is 1. The first-order valence-electron chi connectivity index (χ1n) is 4.01. The van der Waals surface area contributed by atoms with Crippen LogP contribution in [0.2, 0.25) is 0 Å². The first-order valence-corrected chi connectivity index (χ1v) is 4.55. The second-order valence-corrected chi connectivity index (χ2v) is 2.99. The fraction of sp³-hybridized carbons (Fsp3) is 0.333. The highest BCUT2D eigenvalue weighted by Gasteiger charge is 2.19. The van der Waals surface area contributed by atoms with Gasteiger partial charge in [-0.25, -0.2) is 8.78 Å². The quantitative estimate of drug-likeness (QED) is 0.812. The zero-order chi connectivity index (χ0) is 11.4. The van der Waals surface area contributed by atoms with Crippen LogP contribution in [0.4, 0.5) is 8.78 Å². The van der Waals surface area contributed by atoms with Crippen molar-refractivity contribution in [1.29, 1.82) is 5.26 Å². The average Bonchev–Trinajstić information content (AvgIpc) is 2.26. The SMILES string of the molecule is N#Cc1cc(CO)nc(CCl)c1C(F)F. The minimum atomic E-state index is -2.80. The Morgan fingerprint density at radius 1 is 1.60 bits per heavy atom. The van der Waals surface area contributed by atoms with Crippen LogP contribution in [0.1, 0.15) is 28.9 Å². The van der Waals surface area contributed by atoms with Gasteiger partial charge in [-0.1, -0.05) is 0 Å². The van der Waals surface area contributed by atoms with E-state index in [1.54, 1.807) is 6.07 Å². The monoisotopic (exact) mass is 232 g/mol. The van der Waals surface area contributed by atoms with Crippen molar-refractivity contribution in [2.45, 2.75) is 18.9 Å². The molecular formula is C9H7ClF2N2O. The lowest BCUT2D eigenvalue weighted by Crippen LogP contribution is -2.04. The molecule has 6 heteroatoms. The third-order valence-electron chi connectivity index (χ3n) is 1.82. The molecule has 15 heavy (non-hydrogen) atoms. The number of pyridine rings is 1. The van der Waals surface area contributed by atoms with Crippen LogP contribution in [0.3, 0.4) is 0 Å². The van der Waals surface area contributed by atoms with Gasteiger partial charge in [0, 0.05) is 0 Å². The Hall–Kier alpha value is -1.25. The molecule has 0 saturated heterocycles. The summed E-state index contributed by atoms with van der Waals surface area (Å²) < 4.78 is 25.2. The first kappa shape index (κ1) is 11.8. The van der Waals surface area contributed by atoms with Crippen molar-refractivity contribution in [3.63, 3.8) is 0 Å². The molecule has 80 valence electrons. The van der Waals surface area contributed by atoms with Crippen LogP contribution < -0.4 is 0 Å².